The Bertz CT molecular complexity index is 106. The fourth-order valence-corrected chi connectivity index (χ4v) is 2.98. The quantitative estimate of drug-likeness (QED) is 0.599. The summed E-state index contributed by atoms with van der Waals surface area (Å²) in [5.74, 6) is 1.35. The van der Waals surface area contributed by atoms with Crippen LogP contribution in [0.2, 0.25) is 0 Å². The van der Waals surface area contributed by atoms with E-state index in [9.17, 15) is 0 Å². The molecule has 0 amide bonds. The van der Waals surface area contributed by atoms with Crippen molar-refractivity contribution in [2.75, 3.05) is 31.4 Å². The minimum Gasteiger partial charge on any atom is -0.268 e. The van der Waals surface area contributed by atoms with Crippen LogP contribution in [0, 0.1) is 0 Å². The van der Waals surface area contributed by atoms with Crippen molar-refractivity contribution in [1.29, 1.82) is 0 Å². The number of hydrogen-bond donors (Lipinski definition) is 0. The molecule has 1 saturated heterocycles. The van der Waals surface area contributed by atoms with Crippen LogP contribution in [0.1, 0.15) is 19.8 Å². The van der Waals surface area contributed by atoms with E-state index in [4.69, 9.17) is 0 Å². The third-order valence-corrected chi connectivity index (χ3v) is 5.65. The van der Waals surface area contributed by atoms with Crippen LogP contribution in [0.5, 0.6) is 0 Å². The fraction of sp³-hybridized carbons (Fsp3) is 1.00. The first-order chi connectivity index (χ1) is 4.67. The van der Waals surface area contributed by atoms with Gasteiger partial charge < -0.3 is 0 Å². The molecule has 0 radical (unpaired) electrons. The van der Waals surface area contributed by atoms with Crippen molar-refractivity contribution in [3.63, 3.8) is 0 Å². The lowest BCUT2D eigenvalue weighted by Gasteiger charge is -2.39. The van der Waals surface area contributed by atoms with Crippen molar-refractivity contribution in [3.05, 3.63) is 0 Å². The molecule has 10 heavy (non-hydrogen) atoms. The van der Waals surface area contributed by atoms with Crippen molar-refractivity contribution in [2.45, 2.75) is 19.8 Å². The van der Waals surface area contributed by atoms with E-state index in [0.29, 0.717) is 0 Å². The lowest BCUT2D eigenvalue weighted by molar-refractivity contribution is 0.572. The molecule has 1 aliphatic heterocycles. The Hall–Kier alpha value is 0.310. The zero-order valence-corrected chi connectivity index (χ0v) is 8.21. The van der Waals surface area contributed by atoms with Gasteiger partial charge in [-0.05, 0) is 31.1 Å². The summed E-state index contributed by atoms with van der Waals surface area (Å²) in [6.45, 7) is 5.03. The summed E-state index contributed by atoms with van der Waals surface area (Å²) in [7, 11) is -0.365. The molecule has 0 aromatic rings. The van der Waals surface area contributed by atoms with Gasteiger partial charge in [0.2, 0.25) is 0 Å². The Morgan fingerprint density at radius 2 is 1.70 bits per heavy atom. The summed E-state index contributed by atoms with van der Waals surface area (Å²) in [4.78, 5) is 0. The molecule has 2 heteroatoms. The Balaban J connectivity index is 2.45. The lowest BCUT2D eigenvalue weighted by atomic mass is 10.4. The summed E-state index contributed by atoms with van der Waals surface area (Å²) < 4.78 is 2.69. The van der Waals surface area contributed by atoms with E-state index in [-0.39, 0.29) is 10.2 Å². The van der Waals surface area contributed by atoms with Crippen LogP contribution in [0.3, 0.4) is 0 Å². The third kappa shape index (κ3) is 1.67. The Morgan fingerprint density at radius 3 is 2.10 bits per heavy atom. The Kier molecular flexibility index (Phi) is 2.64. The molecule has 1 nitrogen and oxygen atoms in total. The second-order valence-corrected chi connectivity index (χ2v) is 7.46. The van der Waals surface area contributed by atoms with Crippen molar-refractivity contribution in [3.8, 4) is 0 Å². The van der Waals surface area contributed by atoms with Crippen molar-refractivity contribution in [1.82, 2.24) is 4.31 Å². The minimum atomic E-state index is -0.365. The zero-order chi connectivity index (χ0) is 7.61. The van der Waals surface area contributed by atoms with Gasteiger partial charge in [-0.25, -0.2) is 0 Å². The molecule has 0 unspecified atom stereocenters. The molecule has 0 bridgehead atoms. The molecule has 1 fully saturated rings. The fourth-order valence-electron chi connectivity index (χ4n) is 1.36. The third-order valence-electron chi connectivity index (χ3n) is 2.47. The van der Waals surface area contributed by atoms with Crippen LogP contribution in [-0.4, -0.2) is 35.7 Å². The minimum absolute atomic E-state index is 0.365. The van der Waals surface area contributed by atoms with Gasteiger partial charge in [-0.2, -0.15) is 10.2 Å². The summed E-state index contributed by atoms with van der Waals surface area (Å²) >= 11 is 0. The maximum atomic E-state index is 2.69. The molecule has 1 rings (SSSR count). The van der Waals surface area contributed by atoms with E-state index in [1.54, 1.807) is 0 Å². The molecular formula is C8H19NS. The molecule has 62 valence electrons. The standard InChI is InChI=1S/C8H19NS/c1-4-10(2,3)9-7-5-6-8-9/h4-8H2,1-3H3. The number of hydrogen-bond acceptors (Lipinski definition) is 1. The maximum absolute atomic E-state index is 2.69. The highest BCUT2D eigenvalue weighted by atomic mass is 32.3. The van der Waals surface area contributed by atoms with E-state index >= 15 is 0 Å². The van der Waals surface area contributed by atoms with Crippen molar-refractivity contribution in [2.24, 2.45) is 0 Å². The van der Waals surface area contributed by atoms with Gasteiger partial charge in [0.05, 0.1) is 0 Å². The zero-order valence-electron chi connectivity index (χ0n) is 7.39. The van der Waals surface area contributed by atoms with Gasteiger partial charge in [0, 0.05) is 13.1 Å². The molecule has 1 heterocycles. The normalized spacial score (nSPS) is 23.5. The van der Waals surface area contributed by atoms with Crippen LogP contribution >= 0.6 is 10.2 Å². The molecular weight excluding hydrogens is 142 g/mol. The summed E-state index contributed by atoms with van der Waals surface area (Å²) in [6, 6.07) is 0. The van der Waals surface area contributed by atoms with Gasteiger partial charge in [0.1, 0.15) is 0 Å². The van der Waals surface area contributed by atoms with E-state index in [1.807, 2.05) is 0 Å². The Morgan fingerprint density at radius 1 is 1.20 bits per heavy atom. The van der Waals surface area contributed by atoms with E-state index in [1.165, 1.54) is 31.7 Å². The van der Waals surface area contributed by atoms with Crippen LogP contribution in [-0.2, 0) is 0 Å². The SMILES string of the molecule is CCS(C)(C)N1CCCC1. The molecule has 0 aromatic carbocycles. The van der Waals surface area contributed by atoms with Crippen LogP contribution in [0.4, 0.5) is 0 Å². The highest BCUT2D eigenvalue weighted by molar-refractivity contribution is 8.30. The summed E-state index contributed by atoms with van der Waals surface area (Å²) in [5.41, 5.74) is 0. The van der Waals surface area contributed by atoms with Crippen molar-refractivity contribution < 1.29 is 0 Å². The second kappa shape index (κ2) is 3.14. The van der Waals surface area contributed by atoms with Crippen LogP contribution < -0.4 is 0 Å². The van der Waals surface area contributed by atoms with Gasteiger partial charge in [-0.15, -0.1) is 0 Å². The topological polar surface area (TPSA) is 3.24 Å². The van der Waals surface area contributed by atoms with Gasteiger partial charge >= 0.3 is 0 Å². The van der Waals surface area contributed by atoms with E-state index in [2.05, 4.69) is 23.7 Å². The lowest BCUT2D eigenvalue weighted by Crippen LogP contribution is -2.24. The predicted octanol–water partition coefficient (Wildman–Crippen LogP) is 2.08. The van der Waals surface area contributed by atoms with Gasteiger partial charge in [-0.1, -0.05) is 6.92 Å². The second-order valence-electron chi connectivity index (χ2n) is 3.40. The van der Waals surface area contributed by atoms with E-state index < -0.39 is 0 Å². The molecule has 0 spiro atoms. The van der Waals surface area contributed by atoms with Crippen molar-refractivity contribution >= 4 is 10.2 Å². The molecule has 0 atom stereocenters. The summed E-state index contributed by atoms with van der Waals surface area (Å²) in [6.07, 6.45) is 7.71. The average Bonchev–Trinajstić information content (AvgIpc) is 2.38. The maximum Gasteiger partial charge on any atom is 0.00743 e. The van der Waals surface area contributed by atoms with Crippen LogP contribution in [0.25, 0.3) is 0 Å². The highest BCUT2D eigenvalue weighted by Gasteiger charge is 2.22. The molecule has 0 aromatic heterocycles. The van der Waals surface area contributed by atoms with Gasteiger partial charge in [0.15, 0.2) is 0 Å². The predicted molar refractivity (Wildman–Crippen MR) is 50.8 cm³/mol. The Labute approximate surface area is 66.2 Å². The summed E-state index contributed by atoms with van der Waals surface area (Å²) in [5, 5.41) is 0. The van der Waals surface area contributed by atoms with Gasteiger partial charge in [0.25, 0.3) is 0 Å². The largest absolute Gasteiger partial charge is 0.268 e. The number of nitrogens with zero attached hydrogens (tertiary/aromatic N) is 1. The van der Waals surface area contributed by atoms with E-state index in [0.717, 1.165) is 0 Å². The smallest absolute Gasteiger partial charge is 0.00743 e. The average molecular weight is 161 g/mol. The first-order valence-electron chi connectivity index (χ1n) is 4.13. The van der Waals surface area contributed by atoms with Crippen LogP contribution in [0.15, 0.2) is 0 Å². The molecule has 1 aliphatic rings. The molecule has 0 saturated carbocycles. The first kappa shape index (κ1) is 8.41. The highest BCUT2D eigenvalue weighted by Crippen LogP contribution is 2.45. The molecule has 0 N–H and O–H groups in total. The first-order valence-corrected chi connectivity index (χ1v) is 6.70. The molecule has 0 aliphatic carbocycles. The number of rotatable bonds is 2. The monoisotopic (exact) mass is 161 g/mol. The van der Waals surface area contributed by atoms with Gasteiger partial charge in [-0.3, -0.25) is 4.31 Å².